The Morgan fingerprint density at radius 3 is 2.74 bits per heavy atom. The maximum atomic E-state index is 11.9. The predicted molar refractivity (Wildman–Crippen MR) is 103 cm³/mol. The molecule has 3 nitrogen and oxygen atoms in total. The Bertz CT molecular complexity index is 593. The molecule has 0 aliphatic heterocycles. The molecule has 1 heterocycles. The molecule has 1 amide bonds. The van der Waals surface area contributed by atoms with Crippen molar-refractivity contribution in [2.45, 2.75) is 19.4 Å². The van der Waals surface area contributed by atoms with Crippen molar-refractivity contribution in [1.82, 2.24) is 9.80 Å². The lowest BCUT2D eigenvalue weighted by Gasteiger charge is -2.20. The van der Waals surface area contributed by atoms with Crippen LogP contribution in [0.5, 0.6) is 0 Å². The van der Waals surface area contributed by atoms with Gasteiger partial charge in [0.25, 0.3) is 0 Å². The molecule has 0 fully saturated rings. The van der Waals surface area contributed by atoms with Crippen molar-refractivity contribution >= 4 is 39.1 Å². The van der Waals surface area contributed by atoms with Crippen molar-refractivity contribution in [3.05, 3.63) is 35.2 Å². The van der Waals surface area contributed by atoms with E-state index in [9.17, 15) is 4.79 Å². The highest BCUT2D eigenvalue weighted by atomic mass is 32.2. The molecule has 0 radical (unpaired) electrons. The molecule has 0 bridgehead atoms. The quantitative estimate of drug-likeness (QED) is 0.684. The van der Waals surface area contributed by atoms with Crippen LogP contribution >= 0.6 is 23.1 Å². The summed E-state index contributed by atoms with van der Waals surface area (Å²) >= 11 is 3.60. The molecule has 0 aliphatic carbocycles. The number of rotatable bonds is 9. The van der Waals surface area contributed by atoms with E-state index in [4.69, 9.17) is 0 Å². The largest absolute Gasteiger partial charge is 0.346 e. The molecule has 0 N–H and O–H groups in total. The Hall–Kier alpha value is -1.04. The molecule has 0 unspecified atom stereocenters. The first-order valence-corrected chi connectivity index (χ1v) is 10.2. The van der Waals surface area contributed by atoms with E-state index < -0.39 is 0 Å². The summed E-state index contributed by atoms with van der Waals surface area (Å²) in [6, 6.07) is 10.8. The summed E-state index contributed by atoms with van der Waals surface area (Å²) in [4.78, 5) is 17.5. The summed E-state index contributed by atoms with van der Waals surface area (Å²) in [7, 11) is 4.06. The fourth-order valence-electron chi connectivity index (χ4n) is 2.54. The summed E-state index contributed by atoms with van der Waals surface area (Å²) < 4.78 is 1.36. The topological polar surface area (TPSA) is 23.6 Å². The van der Waals surface area contributed by atoms with E-state index in [2.05, 4.69) is 42.3 Å². The zero-order chi connectivity index (χ0) is 16.7. The molecule has 0 saturated carbocycles. The molecular formula is C18H26N2OS2. The zero-order valence-corrected chi connectivity index (χ0v) is 15.9. The van der Waals surface area contributed by atoms with Gasteiger partial charge in [-0.3, -0.25) is 4.79 Å². The average molecular weight is 351 g/mol. The lowest BCUT2D eigenvalue weighted by Crippen LogP contribution is -2.30. The standard InChI is InChI=1S/C18H26N2OS2/c1-19(10-6-11-20(2)18(21)9-12-22-3)14-16-13-15-7-4-5-8-17(15)23-16/h4-5,7-8,13H,6,9-12,14H2,1-3H3. The number of amides is 1. The Labute approximate surface area is 147 Å². The number of carbonyl (C=O) groups is 1. The lowest BCUT2D eigenvalue weighted by atomic mass is 10.2. The maximum absolute atomic E-state index is 11.9. The first-order valence-electron chi connectivity index (χ1n) is 7.99. The summed E-state index contributed by atoms with van der Waals surface area (Å²) in [6.07, 6.45) is 3.70. The van der Waals surface area contributed by atoms with Crippen LogP contribution in [0.15, 0.2) is 30.3 Å². The lowest BCUT2D eigenvalue weighted by molar-refractivity contribution is -0.129. The van der Waals surface area contributed by atoms with Crippen LogP contribution in [0.4, 0.5) is 0 Å². The number of fused-ring (bicyclic) bond motifs is 1. The molecule has 0 aliphatic rings. The molecule has 1 aromatic heterocycles. The van der Waals surface area contributed by atoms with Gasteiger partial charge in [-0.05, 0) is 43.8 Å². The molecule has 0 saturated heterocycles. The third-order valence-electron chi connectivity index (χ3n) is 3.88. The van der Waals surface area contributed by atoms with Crippen LogP contribution in [0.25, 0.3) is 10.1 Å². The second kappa shape index (κ2) is 9.30. The minimum atomic E-state index is 0.256. The second-order valence-electron chi connectivity index (χ2n) is 5.90. The van der Waals surface area contributed by atoms with Crippen LogP contribution in [0, 0.1) is 0 Å². The number of benzene rings is 1. The number of thioether (sulfide) groups is 1. The van der Waals surface area contributed by atoms with E-state index in [-0.39, 0.29) is 5.91 Å². The highest BCUT2D eigenvalue weighted by Gasteiger charge is 2.09. The highest BCUT2D eigenvalue weighted by molar-refractivity contribution is 7.98. The van der Waals surface area contributed by atoms with E-state index in [0.717, 1.165) is 31.8 Å². The molecule has 2 rings (SSSR count). The Morgan fingerprint density at radius 2 is 2.00 bits per heavy atom. The fourth-order valence-corrected chi connectivity index (χ4v) is 4.07. The van der Waals surface area contributed by atoms with E-state index in [1.165, 1.54) is 15.0 Å². The normalized spacial score (nSPS) is 11.3. The number of carbonyl (C=O) groups excluding carboxylic acids is 1. The summed E-state index contributed by atoms with van der Waals surface area (Å²) in [5.41, 5.74) is 0. The smallest absolute Gasteiger partial charge is 0.223 e. The molecule has 5 heteroatoms. The van der Waals surface area contributed by atoms with Crippen molar-refractivity contribution in [1.29, 1.82) is 0 Å². The minimum absolute atomic E-state index is 0.256. The van der Waals surface area contributed by atoms with Crippen LogP contribution < -0.4 is 0 Å². The van der Waals surface area contributed by atoms with E-state index in [1.807, 2.05) is 29.5 Å². The Balaban J connectivity index is 1.72. The number of thiophene rings is 1. The Kier molecular flexibility index (Phi) is 7.40. The third kappa shape index (κ3) is 5.83. The summed E-state index contributed by atoms with van der Waals surface area (Å²) in [5, 5.41) is 1.33. The fraction of sp³-hybridized carbons (Fsp3) is 0.500. The molecule has 0 spiro atoms. The zero-order valence-electron chi connectivity index (χ0n) is 14.2. The van der Waals surface area contributed by atoms with Crippen molar-refractivity contribution in [2.24, 2.45) is 0 Å². The van der Waals surface area contributed by atoms with Gasteiger partial charge in [-0.25, -0.2) is 0 Å². The predicted octanol–water partition coefficient (Wildman–Crippen LogP) is 3.93. The van der Waals surface area contributed by atoms with Gasteiger partial charge in [0, 0.05) is 41.9 Å². The van der Waals surface area contributed by atoms with Crippen LogP contribution in [0.3, 0.4) is 0 Å². The first kappa shape index (κ1) is 18.3. The van der Waals surface area contributed by atoms with Crippen molar-refractivity contribution in [3.63, 3.8) is 0 Å². The maximum Gasteiger partial charge on any atom is 0.223 e. The minimum Gasteiger partial charge on any atom is -0.346 e. The van der Waals surface area contributed by atoms with Crippen LogP contribution in [0.1, 0.15) is 17.7 Å². The van der Waals surface area contributed by atoms with Gasteiger partial charge in [0.05, 0.1) is 0 Å². The van der Waals surface area contributed by atoms with E-state index >= 15 is 0 Å². The van der Waals surface area contributed by atoms with E-state index in [1.54, 1.807) is 11.8 Å². The van der Waals surface area contributed by atoms with Crippen molar-refractivity contribution < 1.29 is 4.79 Å². The first-order chi connectivity index (χ1) is 11.1. The number of hydrogen-bond acceptors (Lipinski definition) is 4. The van der Waals surface area contributed by atoms with Gasteiger partial charge in [0.15, 0.2) is 0 Å². The van der Waals surface area contributed by atoms with Gasteiger partial charge in [-0.2, -0.15) is 11.8 Å². The van der Waals surface area contributed by atoms with Crippen LogP contribution in [-0.2, 0) is 11.3 Å². The van der Waals surface area contributed by atoms with Gasteiger partial charge in [0.1, 0.15) is 0 Å². The highest BCUT2D eigenvalue weighted by Crippen LogP contribution is 2.25. The van der Waals surface area contributed by atoms with Gasteiger partial charge in [-0.15, -0.1) is 11.3 Å². The molecule has 1 aromatic carbocycles. The molecule has 23 heavy (non-hydrogen) atoms. The Morgan fingerprint density at radius 1 is 1.22 bits per heavy atom. The van der Waals surface area contributed by atoms with Gasteiger partial charge in [-0.1, -0.05) is 18.2 Å². The monoisotopic (exact) mass is 350 g/mol. The van der Waals surface area contributed by atoms with Crippen molar-refractivity contribution in [3.8, 4) is 0 Å². The molecular weight excluding hydrogens is 324 g/mol. The third-order valence-corrected chi connectivity index (χ3v) is 5.59. The molecule has 2 aromatic rings. The molecule has 126 valence electrons. The summed E-state index contributed by atoms with van der Waals surface area (Å²) in [5.74, 6) is 1.17. The van der Waals surface area contributed by atoms with Crippen LogP contribution in [0.2, 0.25) is 0 Å². The number of hydrogen-bond donors (Lipinski definition) is 0. The van der Waals surface area contributed by atoms with Crippen LogP contribution in [-0.4, -0.2) is 54.9 Å². The van der Waals surface area contributed by atoms with Crippen molar-refractivity contribution in [2.75, 3.05) is 39.2 Å². The van der Waals surface area contributed by atoms with Gasteiger partial charge < -0.3 is 9.80 Å². The number of nitrogens with zero attached hydrogens (tertiary/aromatic N) is 2. The van der Waals surface area contributed by atoms with Gasteiger partial charge >= 0.3 is 0 Å². The SMILES string of the molecule is CSCCC(=O)N(C)CCCN(C)Cc1cc2ccccc2s1. The van der Waals surface area contributed by atoms with Gasteiger partial charge in [0.2, 0.25) is 5.91 Å². The average Bonchev–Trinajstić information content (AvgIpc) is 2.94. The van der Waals surface area contributed by atoms with E-state index in [0.29, 0.717) is 6.42 Å². The molecule has 0 atom stereocenters. The summed E-state index contributed by atoms with van der Waals surface area (Å²) in [6.45, 7) is 2.82. The second-order valence-corrected chi connectivity index (χ2v) is 8.05.